The third-order valence-corrected chi connectivity index (χ3v) is 3.68. The first kappa shape index (κ1) is 12.8. The van der Waals surface area contributed by atoms with Gasteiger partial charge in [-0.25, -0.2) is 0 Å². The van der Waals surface area contributed by atoms with Crippen molar-refractivity contribution >= 4 is 22.1 Å². The highest BCUT2D eigenvalue weighted by atomic mass is 16.6. The van der Waals surface area contributed by atoms with Crippen LogP contribution in [0.1, 0.15) is 6.92 Å². The Kier molecular flexibility index (Phi) is 3.23. The van der Waals surface area contributed by atoms with Gasteiger partial charge in [0.15, 0.2) is 0 Å². The number of nitrogens with zero attached hydrogens (tertiary/aromatic N) is 3. The number of nitro benzene ring substituents is 1. The predicted molar refractivity (Wildman–Crippen MR) is 78.1 cm³/mol. The SMILES string of the molecule is C[C@H]1CN(c2ccc([N+](=O)[O-])c3ccncc23)CCN1. The van der Waals surface area contributed by atoms with Crippen molar-refractivity contribution in [3.8, 4) is 0 Å². The zero-order valence-electron chi connectivity index (χ0n) is 11.2. The monoisotopic (exact) mass is 272 g/mol. The normalized spacial score (nSPS) is 19.2. The lowest BCUT2D eigenvalue weighted by molar-refractivity contribution is -0.383. The maximum Gasteiger partial charge on any atom is 0.277 e. The molecule has 20 heavy (non-hydrogen) atoms. The molecule has 1 aliphatic heterocycles. The maximum atomic E-state index is 11.1. The Bertz CT molecular complexity index is 659. The molecule has 1 aromatic heterocycles. The van der Waals surface area contributed by atoms with Gasteiger partial charge in [0.1, 0.15) is 0 Å². The molecule has 1 saturated heterocycles. The number of piperazine rings is 1. The summed E-state index contributed by atoms with van der Waals surface area (Å²) in [7, 11) is 0. The van der Waals surface area contributed by atoms with Crippen molar-refractivity contribution in [2.75, 3.05) is 24.5 Å². The molecule has 1 aliphatic rings. The Morgan fingerprint density at radius 2 is 2.25 bits per heavy atom. The van der Waals surface area contributed by atoms with Crippen LogP contribution in [0.2, 0.25) is 0 Å². The van der Waals surface area contributed by atoms with Gasteiger partial charge >= 0.3 is 0 Å². The van der Waals surface area contributed by atoms with Gasteiger partial charge in [0, 0.05) is 55.2 Å². The first-order valence-corrected chi connectivity index (χ1v) is 6.66. The standard InChI is InChI=1S/C14H16N4O2/c1-10-9-17(7-6-16-10)13-2-3-14(18(19)20)11-4-5-15-8-12(11)13/h2-5,8,10,16H,6-7,9H2,1H3/t10-/m0/s1. The summed E-state index contributed by atoms with van der Waals surface area (Å²) in [6.45, 7) is 4.84. The van der Waals surface area contributed by atoms with E-state index in [0.717, 1.165) is 30.7 Å². The molecular formula is C14H16N4O2. The number of aromatic nitrogens is 1. The average Bonchev–Trinajstić information content (AvgIpc) is 2.46. The minimum atomic E-state index is -0.341. The molecule has 0 aliphatic carbocycles. The number of non-ortho nitro benzene ring substituents is 1. The van der Waals surface area contributed by atoms with Gasteiger partial charge in [-0.05, 0) is 19.1 Å². The van der Waals surface area contributed by atoms with Crippen molar-refractivity contribution in [1.82, 2.24) is 10.3 Å². The van der Waals surface area contributed by atoms with Crippen LogP contribution in [0.3, 0.4) is 0 Å². The fraction of sp³-hybridized carbons (Fsp3) is 0.357. The molecule has 0 unspecified atom stereocenters. The molecule has 0 amide bonds. The molecular weight excluding hydrogens is 256 g/mol. The van der Waals surface area contributed by atoms with Crippen LogP contribution in [0.5, 0.6) is 0 Å². The summed E-state index contributed by atoms with van der Waals surface area (Å²) in [4.78, 5) is 17.2. The molecule has 2 aromatic rings. The highest BCUT2D eigenvalue weighted by molar-refractivity contribution is 5.99. The number of nitrogens with one attached hydrogen (secondary N) is 1. The Balaban J connectivity index is 2.12. The quantitative estimate of drug-likeness (QED) is 0.668. The number of benzene rings is 1. The average molecular weight is 272 g/mol. The fourth-order valence-corrected chi connectivity index (χ4v) is 2.75. The van der Waals surface area contributed by atoms with E-state index in [9.17, 15) is 10.1 Å². The smallest absolute Gasteiger partial charge is 0.277 e. The molecule has 1 N–H and O–H groups in total. The van der Waals surface area contributed by atoms with Crippen LogP contribution < -0.4 is 10.2 Å². The van der Waals surface area contributed by atoms with Gasteiger partial charge in [-0.2, -0.15) is 0 Å². The van der Waals surface area contributed by atoms with E-state index in [1.165, 1.54) is 0 Å². The number of fused-ring (bicyclic) bond motifs is 1. The van der Waals surface area contributed by atoms with Gasteiger partial charge < -0.3 is 10.2 Å². The van der Waals surface area contributed by atoms with Crippen LogP contribution in [-0.2, 0) is 0 Å². The third kappa shape index (κ3) is 2.18. The summed E-state index contributed by atoms with van der Waals surface area (Å²) in [6.07, 6.45) is 3.31. The van der Waals surface area contributed by atoms with Gasteiger partial charge in [0.05, 0.1) is 10.3 Å². The van der Waals surface area contributed by atoms with Crippen molar-refractivity contribution in [1.29, 1.82) is 0 Å². The van der Waals surface area contributed by atoms with Gasteiger partial charge in [0.2, 0.25) is 0 Å². The van der Waals surface area contributed by atoms with E-state index < -0.39 is 0 Å². The van der Waals surface area contributed by atoms with Crippen LogP contribution in [-0.4, -0.2) is 35.6 Å². The molecule has 0 spiro atoms. The van der Waals surface area contributed by atoms with Crippen molar-refractivity contribution in [2.24, 2.45) is 0 Å². The van der Waals surface area contributed by atoms with E-state index in [1.807, 2.05) is 6.07 Å². The molecule has 6 nitrogen and oxygen atoms in total. The zero-order valence-corrected chi connectivity index (χ0v) is 11.2. The first-order valence-electron chi connectivity index (χ1n) is 6.66. The number of hydrogen-bond donors (Lipinski definition) is 1. The molecule has 104 valence electrons. The highest BCUT2D eigenvalue weighted by Crippen LogP contribution is 2.33. The number of pyridine rings is 1. The van der Waals surface area contributed by atoms with E-state index in [4.69, 9.17) is 0 Å². The van der Waals surface area contributed by atoms with Gasteiger partial charge in [-0.1, -0.05) is 0 Å². The first-order chi connectivity index (χ1) is 9.66. The second-order valence-corrected chi connectivity index (χ2v) is 5.08. The summed E-state index contributed by atoms with van der Waals surface area (Å²) in [5.41, 5.74) is 1.15. The van der Waals surface area contributed by atoms with E-state index in [0.29, 0.717) is 11.4 Å². The fourth-order valence-electron chi connectivity index (χ4n) is 2.75. The molecule has 0 bridgehead atoms. The van der Waals surface area contributed by atoms with E-state index in [1.54, 1.807) is 24.5 Å². The van der Waals surface area contributed by atoms with Crippen LogP contribution in [0.4, 0.5) is 11.4 Å². The Hall–Kier alpha value is -2.21. The summed E-state index contributed by atoms with van der Waals surface area (Å²) in [6, 6.07) is 5.54. The summed E-state index contributed by atoms with van der Waals surface area (Å²) in [5.74, 6) is 0. The molecule has 0 saturated carbocycles. The topological polar surface area (TPSA) is 71.3 Å². The second kappa shape index (κ2) is 5.05. The number of nitro groups is 1. The third-order valence-electron chi connectivity index (χ3n) is 3.68. The second-order valence-electron chi connectivity index (χ2n) is 5.08. The predicted octanol–water partition coefficient (Wildman–Crippen LogP) is 1.94. The number of anilines is 1. The van der Waals surface area contributed by atoms with Gasteiger partial charge in [-0.15, -0.1) is 0 Å². The maximum absolute atomic E-state index is 11.1. The lowest BCUT2D eigenvalue weighted by atomic mass is 10.1. The summed E-state index contributed by atoms with van der Waals surface area (Å²) in [5, 5.41) is 16.0. The van der Waals surface area contributed by atoms with E-state index in [2.05, 4.69) is 22.1 Å². The van der Waals surface area contributed by atoms with Gasteiger partial charge in [-0.3, -0.25) is 15.1 Å². The number of rotatable bonds is 2. The van der Waals surface area contributed by atoms with Crippen LogP contribution in [0.25, 0.3) is 10.8 Å². The van der Waals surface area contributed by atoms with Crippen molar-refractivity contribution in [2.45, 2.75) is 13.0 Å². The Labute approximate surface area is 116 Å². The van der Waals surface area contributed by atoms with Crippen molar-refractivity contribution in [3.63, 3.8) is 0 Å². The molecule has 1 aromatic carbocycles. The van der Waals surface area contributed by atoms with Crippen molar-refractivity contribution in [3.05, 3.63) is 40.7 Å². The van der Waals surface area contributed by atoms with Crippen LogP contribution in [0.15, 0.2) is 30.6 Å². The van der Waals surface area contributed by atoms with E-state index in [-0.39, 0.29) is 10.6 Å². The van der Waals surface area contributed by atoms with Crippen LogP contribution >= 0.6 is 0 Å². The molecule has 0 radical (unpaired) electrons. The Morgan fingerprint density at radius 1 is 1.40 bits per heavy atom. The number of hydrogen-bond acceptors (Lipinski definition) is 5. The minimum absolute atomic E-state index is 0.134. The zero-order chi connectivity index (χ0) is 14.1. The van der Waals surface area contributed by atoms with Crippen LogP contribution in [0, 0.1) is 10.1 Å². The lowest BCUT2D eigenvalue weighted by Gasteiger charge is -2.34. The highest BCUT2D eigenvalue weighted by Gasteiger charge is 2.21. The molecule has 1 atom stereocenters. The molecule has 2 heterocycles. The molecule has 6 heteroatoms. The largest absolute Gasteiger partial charge is 0.368 e. The van der Waals surface area contributed by atoms with Crippen molar-refractivity contribution < 1.29 is 4.92 Å². The van der Waals surface area contributed by atoms with Gasteiger partial charge in [0.25, 0.3) is 5.69 Å². The van der Waals surface area contributed by atoms with E-state index >= 15 is 0 Å². The minimum Gasteiger partial charge on any atom is -0.368 e. The Morgan fingerprint density at radius 3 is 3.00 bits per heavy atom. The molecule has 1 fully saturated rings. The molecule has 3 rings (SSSR count). The lowest BCUT2D eigenvalue weighted by Crippen LogP contribution is -2.49. The summed E-state index contributed by atoms with van der Waals surface area (Å²) >= 11 is 0. The summed E-state index contributed by atoms with van der Waals surface area (Å²) < 4.78 is 0.